The van der Waals surface area contributed by atoms with E-state index in [2.05, 4.69) is 4.98 Å². The van der Waals surface area contributed by atoms with Gasteiger partial charge in [-0.1, -0.05) is 29.8 Å². The van der Waals surface area contributed by atoms with E-state index >= 15 is 0 Å². The molecule has 3 rings (SSSR count). The molecular formula is C19H12ClN3O3. The summed E-state index contributed by atoms with van der Waals surface area (Å²) in [6.07, 6.45) is 1.28. The summed E-state index contributed by atoms with van der Waals surface area (Å²) in [7, 11) is 0. The van der Waals surface area contributed by atoms with E-state index in [4.69, 9.17) is 11.6 Å². The Morgan fingerprint density at radius 3 is 2.73 bits per heavy atom. The molecule has 0 bridgehead atoms. The molecule has 1 N–H and O–H groups in total. The van der Waals surface area contributed by atoms with Crippen LogP contribution in [0.2, 0.25) is 5.02 Å². The van der Waals surface area contributed by atoms with E-state index in [0.29, 0.717) is 16.6 Å². The number of aryl methyl sites for hydroxylation is 1. The summed E-state index contributed by atoms with van der Waals surface area (Å²) >= 11 is 6.06. The molecule has 26 heavy (non-hydrogen) atoms. The summed E-state index contributed by atoms with van der Waals surface area (Å²) in [4.78, 5) is 26.4. The van der Waals surface area contributed by atoms with Crippen molar-refractivity contribution in [3.8, 4) is 6.07 Å². The third kappa shape index (κ3) is 3.08. The summed E-state index contributed by atoms with van der Waals surface area (Å²) < 4.78 is 0. The van der Waals surface area contributed by atoms with E-state index in [9.17, 15) is 20.2 Å². The molecule has 128 valence electrons. The third-order valence-electron chi connectivity index (χ3n) is 3.98. The lowest BCUT2D eigenvalue weighted by Crippen LogP contribution is -2.03. The Bertz CT molecular complexity index is 1120. The van der Waals surface area contributed by atoms with E-state index < -0.39 is 10.7 Å². The second-order valence-corrected chi connectivity index (χ2v) is 6.04. The Morgan fingerprint density at radius 1 is 1.31 bits per heavy atom. The van der Waals surface area contributed by atoms with Crippen molar-refractivity contribution in [3.63, 3.8) is 0 Å². The average molecular weight is 366 g/mol. The van der Waals surface area contributed by atoms with Crippen LogP contribution in [0.5, 0.6) is 0 Å². The number of nitrogens with one attached hydrogen (secondary N) is 1. The Hall–Kier alpha value is -3.43. The van der Waals surface area contributed by atoms with Crippen LogP contribution < -0.4 is 0 Å². The van der Waals surface area contributed by atoms with E-state index in [0.717, 1.165) is 5.52 Å². The minimum Gasteiger partial charge on any atom is -0.358 e. The number of non-ortho nitro benzene ring substituents is 1. The summed E-state index contributed by atoms with van der Waals surface area (Å²) in [5, 5.41) is 21.3. The minimum atomic E-state index is -0.564. The first-order chi connectivity index (χ1) is 12.4. The van der Waals surface area contributed by atoms with Crippen LogP contribution in [0.1, 0.15) is 21.6 Å². The highest BCUT2D eigenvalue weighted by molar-refractivity contribution is 6.32. The topological polar surface area (TPSA) is 99.8 Å². The number of nitriles is 1. The fourth-order valence-corrected chi connectivity index (χ4v) is 2.94. The average Bonchev–Trinajstić information content (AvgIpc) is 2.95. The molecule has 6 nitrogen and oxygen atoms in total. The summed E-state index contributed by atoms with van der Waals surface area (Å²) in [5.41, 5.74) is 1.74. The number of nitrogens with zero attached hydrogens (tertiary/aromatic N) is 2. The first-order valence-electron chi connectivity index (χ1n) is 7.60. The molecule has 0 saturated carbocycles. The predicted molar refractivity (Wildman–Crippen MR) is 99.1 cm³/mol. The molecule has 0 atom stereocenters. The normalized spacial score (nSPS) is 11.3. The van der Waals surface area contributed by atoms with Crippen LogP contribution in [-0.2, 0) is 0 Å². The van der Waals surface area contributed by atoms with E-state index in [1.54, 1.807) is 19.1 Å². The first kappa shape index (κ1) is 17.4. The number of para-hydroxylation sites is 1. The first-order valence-corrected chi connectivity index (χ1v) is 7.98. The molecule has 0 spiro atoms. The molecule has 0 aliphatic heterocycles. The molecule has 0 radical (unpaired) electrons. The van der Waals surface area contributed by atoms with Gasteiger partial charge in [0, 0.05) is 39.3 Å². The third-order valence-corrected chi connectivity index (χ3v) is 4.32. The number of H-pyrrole nitrogens is 1. The van der Waals surface area contributed by atoms with Gasteiger partial charge in [0.15, 0.2) is 0 Å². The molecule has 1 heterocycles. The van der Waals surface area contributed by atoms with Gasteiger partial charge in [0.05, 0.1) is 10.5 Å². The Morgan fingerprint density at radius 2 is 2.04 bits per heavy atom. The van der Waals surface area contributed by atoms with Gasteiger partial charge in [0.2, 0.25) is 5.78 Å². The lowest BCUT2D eigenvalue weighted by atomic mass is 9.99. The molecule has 0 aliphatic carbocycles. The van der Waals surface area contributed by atoms with E-state index in [1.807, 2.05) is 18.2 Å². The van der Waals surface area contributed by atoms with Crippen LogP contribution >= 0.6 is 11.6 Å². The lowest BCUT2D eigenvalue weighted by Gasteiger charge is -2.02. The molecule has 2 aromatic carbocycles. The number of allylic oxidation sites excluding steroid dienone is 1. The fraction of sp³-hybridized carbons (Fsp3) is 0.0526. The molecule has 0 saturated heterocycles. The molecule has 7 heteroatoms. The van der Waals surface area contributed by atoms with Gasteiger partial charge in [-0.2, -0.15) is 5.26 Å². The van der Waals surface area contributed by atoms with Crippen LogP contribution in [0.3, 0.4) is 0 Å². The number of fused-ring (bicyclic) bond motifs is 1. The zero-order chi connectivity index (χ0) is 18.8. The van der Waals surface area contributed by atoms with Gasteiger partial charge >= 0.3 is 0 Å². The second kappa shape index (κ2) is 6.82. The van der Waals surface area contributed by atoms with E-state index in [-0.39, 0.29) is 21.8 Å². The quantitative estimate of drug-likeness (QED) is 0.235. The number of ketones is 1. The van der Waals surface area contributed by atoms with Gasteiger partial charge in [0.25, 0.3) is 5.69 Å². The molecule has 0 unspecified atom stereocenters. The number of halogens is 1. The fourth-order valence-electron chi connectivity index (χ4n) is 2.76. The van der Waals surface area contributed by atoms with Crippen LogP contribution in [0.15, 0.2) is 48.0 Å². The Balaban J connectivity index is 2.12. The van der Waals surface area contributed by atoms with Gasteiger partial charge < -0.3 is 4.98 Å². The Kier molecular flexibility index (Phi) is 4.57. The molecule has 0 aliphatic rings. The highest BCUT2D eigenvalue weighted by Gasteiger charge is 2.20. The summed E-state index contributed by atoms with van der Waals surface area (Å²) in [5.74, 6) is -0.468. The summed E-state index contributed by atoms with van der Waals surface area (Å²) in [6.45, 7) is 1.75. The largest absolute Gasteiger partial charge is 0.358 e. The van der Waals surface area contributed by atoms with Gasteiger partial charge in [0.1, 0.15) is 11.6 Å². The van der Waals surface area contributed by atoms with Crippen molar-refractivity contribution in [1.82, 2.24) is 4.98 Å². The van der Waals surface area contributed by atoms with Crippen molar-refractivity contribution in [1.29, 1.82) is 5.26 Å². The highest BCUT2D eigenvalue weighted by atomic mass is 35.5. The highest BCUT2D eigenvalue weighted by Crippen LogP contribution is 2.28. The molecule has 0 amide bonds. The van der Waals surface area contributed by atoms with Crippen molar-refractivity contribution in [3.05, 3.63) is 80.0 Å². The SMILES string of the molecule is Cc1[nH]c2ccccc2c1C(=O)/C(C#N)=C\c1cc([N+](=O)[O-])ccc1Cl. The number of rotatable bonds is 4. The smallest absolute Gasteiger partial charge is 0.270 e. The number of aromatic nitrogens is 1. The van der Waals surface area contributed by atoms with Crippen molar-refractivity contribution in [2.24, 2.45) is 0 Å². The molecule has 0 fully saturated rings. The number of nitro benzene ring substituents is 1. The molecule has 1 aromatic heterocycles. The predicted octanol–water partition coefficient (Wildman–Crippen LogP) is 4.83. The minimum absolute atomic E-state index is 0.153. The number of benzene rings is 2. The second-order valence-electron chi connectivity index (χ2n) is 5.63. The number of aromatic amines is 1. The van der Waals surface area contributed by atoms with Crippen LogP contribution in [0, 0.1) is 28.4 Å². The maximum absolute atomic E-state index is 12.9. The van der Waals surface area contributed by atoms with Gasteiger partial charge in [-0.25, -0.2) is 0 Å². The van der Waals surface area contributed by atoms with Crippen LogP contribution in [0.4, 0.5) is 5.69 Å². The summed E-state index contributed by atoms with van der Waals surface area (Å²) in [6, 6.07) is 13.0. The number of hydrogen-bond donors (Lipinski definition) is 1. The van der Waals surface area contributed by atoms with Crippen molar-refractivity contribution in [2.75, 3.05) is 0 Å². The van der Waals surface area contributed by atoms with Crippen molar-refractivity contribution in [2.45, 2.75) is 6.92 Å². The monoisotopic (exact) mass is 365 g/mol. The lowest BCUT2D eigenvalue weighted by molar-refractivity contribution is -0.384. The number of carbonyl (C=O) groups excluding carboxylic acids is 1. The number of nitro groups is 1. The molecule has 3 aromatic rings. The molecular weight excluding hydrogens is 354 g/mol. The maximum atomic E-state index is 12.9. The van der Waals surface area contributed by atoms with Gasteiger partial charge in [-0.05, 0) is 25.1 Å². The number of carbonyl (C=O) groups is 1. The van der Waals surface area contributed by atoms with E-state index in [1.165, 1.54) is 24.3 Å². The number of hydrogen-bond acceptors (Lipinski definition) is 4. The zero-order valence-corrected chi connectivity index (χ0v) is 14.4. The maximum Gasteiger partial charge on any atom is 0.270 e. The zero-order valence-electron chi connectivity index (χ0n) is 13.6. The van der Waals surface area contributed by atoms with Gasteiger partial charge in [-0.3, -0.25) is 14.9 Å². The standard InChI is InChI=1S/C19H12ClN3O3/c1-11-18(15-4-2-3-5-17(15)22-11)19(24)13(10-21)8-12-9-14(23(25)26)6-7-16(12)20/h2-9,22H,1H3/b13-8-. The van der Waals surface area contributed by atoms with Gasteiger partial charge in [-0.15, -0.1) is 0 Å². The van der Waals surface area contributed by atoms with Crippen molar-refractivity contribution < 1.29 is 9.72 Å². The van der Waals surface area contributed by atoms with Crippen LogP contribution in [-0.4, -0.2) is 15.7 Å². The Labute approximate surface area is 153 Å². The number of Topliss-reactive ketones (excluding diaryl/α,β-unsaturated/α-hetero) is 1. The van der Waals surface area contributed by atoms with Crippen molar-refractivity contribution >= 4 is 40.1 Å². The van der Waals surface area contributed by atoms with Crippen LogP contribution in [0.25, 0.3) is 17.0 Å².